The summed E-state index contributed by atoms with van der Waals surface area (Å²) in [5.74, 6) is 2.02. The SMILES string of the molecule is O=NC(=O)c1cccc(OCC2CCN(C3=CC=C(NC(=O)c4ccc(Oc5ccccc5)nc4)CN3)CC2)c1. The summed E-state index contributed by atoms with van der Waals surface area (Å²) in [5.41, 5.74) is 1.44. The first-order chi connectivity index (χ1) is 19.6. The Kier molecular flexibility index (Phi) is 8.45. The van der Waals surface area contributed by atoms with E-state index in [1.54, 1.807) is 36.4 Å². The van der Waals surface area contributed by atoms with Crippen LogP contribution in [-0.2, 0) is 0 Å². The molecule has 2 aromatic carbocycles. The number of ether oxygens (including phenoxy) is 2. The molecule has 1 aromatic heterocycles. The highest BCUT2D eigenvalue weighted by Gasteiger charge is 2.23. The predicted octanol–water partition coefficient (Wildman–Crippen LogP) is 4.63. The van der Waals surface area contributed by atoms with Crippen molar-refractivity contribution in [2.45, 2.75) is 12.8 Å². The molecule has 0 saturated carbocycles. The van der Waals surface area contributed by atoms with Crippen molar-refractivity contribution in [3.8, 4) is 17.4 Å². The lowest BCUT2D eigenvalue weighted by atomic mass is 9.97. The van der Waals surface area contributed by atoms with E-state index >= 15 is 0 Å². The monoisotopic (exact) mass is 539 g/mol. The molecule has 2 aliphatic heterocycles. The van der Waals surface area contributed by atoms with Crippen LogP contribution in [0.5, 0.6) is 17.4 Å². The summed E-state index contributed by atoms with van der Waals surface area (Å²) >= 11 is 0. The third kappa shape index (κ3) is 6.90. The molecule has 0 radical (unpaired) electrons. The molecule has 0 atom stereocenters. The molecule has 2 N–H and O–H groups in total. The van der Waals surface area contributed by atoms with E-state index < -0.39 is 5.91 Å². The van der Waals surface area contributed by atoms with Crippen LogP contribution in [0, 0.1) is 10.8 Å². The van der Waals surface area contributed by atoms with Crippen LogP contribution in [0.4, 0.5) is 0 Å². The Morgan fingerprint density at radius 3 is 2.48 bits per heavy atom. The average molecular weight is 540 g/mol. The fourth-order valence-electron chi connectivity index (χ4n) is 4.51. The maximum absolute atomic E-state index is 12.7. The Bertz CT molecular complexity index is 1410. The number of nitroso groups, excluding NO2 is 1. The van der Waals surface area contributed by atoms with Gasteiger partial charge in [0.1, 0.15) is 17.3 Å². The number of hydrogen-bond donors (Lipinski definition) is 2. The number of hydrogen-bond acceptors (Lipinski definition) is 8. The van der Waals surface area contributed by atoms with Crippen LogP contribution in [0.3, 0.4) is 0 Å². The fraction of sp³-hybridized carbons (Fsp3) is 0.233. The van der Waals surface area contributed by atoms with E-state index in [0.717, 1.165) is 37.4 Å². The Morgan fingerprint density at radius 1 is 0.975 bits per heavy atom. The lowest BCUT2D eigenvalue weighted by Crippen LogP contribution is -2.42. The summed E-state index contributed by atoms with van der Waals surface area (Å²) in [7, 11) is 0. The molecule has 204 valence electrons. The van der Waals surface area contributed by atoms with Gasteiger partial charge in [0, 0.05) is 41.8 Å². The molecule has 1 fully saturated rings. The Hall–Kier alpha value is -4.99. The highest BCUT2D eigenvalue weighted by atomic mass is 16.5. The van der Waals surface area contributed by atoms with Gasteiger partial charge in [-0.15, -0.1) is 4.91 Å². The lowest BCUT2D eigenvalue weighted by molar-refractivity contribution is 0.0962. The van der Waals surface area contributed by atoms with Crippen molar-refractivity contribution >= 4 is 11.8 Å². The topological polar surface area (TPSA) is 122 Å². The summed E-state index contributed by atoms with van der Waals surface area (Å²) < 4.78 is 11.6. The number of rotatable bonds is 9. The molecule has 1 saturated heterocycles. The van der Waals surface area contributed by atoms with Crippen molar-refractivity contribution in [1.82, 2.24) is 20.5 Å². The van der Waals surface area contributed by atoms with Crippen LogP contribution in [0.25, 0.3) is 0 Å². The number of pyridine rings is 1. The van der Waals surface area contributed by atoms with Crippen molar-refractivity contribution < 1.29 is 19.1 Å². The minimum absolute atomic E-state index is 0.226. The summed E-state index contributed by atoms with van der Waals surface area (Å²) in [6.45, 7) is 2.79. The number of benzene rings is 2. The minimum Gasteiger partial charge on any atom is -0.493 e. The number of para-hydroxylation sites is 1. The van der Waals surface area contributed by atoms with Gasteiger partial charge in [0.15, 0.2) is 0 Å². The van der Waals surface area contributed by atoms with Crippen LogP contribution >= 0.6 is 0 Å². The maximum atomic E-state index is 12.7. The first-order valence-corrected chi connectivity index (χ1v) is 13.1. The van der Waals surface area contributed by atoms with Crippen molar-refractivity contribution in [2.24, 2.45) is 11.1 Å². The number of dihydropyridines is 1. The molecule has 0 spiro atoms. The van der Waals surface area contributed by atoms with Gasteiger partial charge in [0.05, 0.1) is 18.7 Å². The first-order valence-electron chi connectivity index (χ1n) is 13.1. The van der Waals surface area contributed by atoms with E-state index in [4.69, 9.17) is 9.47 Å². The van der Waals surface area contributed by atoms with Crippen LogP contribution < -0.4 is 20.1 Å². The normalized spacial score (nSPS) is 15.2. The smallest absolute Gasteiger partial charge is 0.316 e. The molecule has 5 rings (SSSR count). The number of allylic oxidation sites excluding steroid dienone is 2. The lowest BCUT2D eigenvalue weighted by Gasteiger charge is -2.36. The first kappa shape index (κ1) is 26.6. The summed E-state index contributed by atoms with van der Waals surface area (Å²) in [5, 5.41) is 8.79. The van der Waals surface area contributed by atoms with Gasteiger partial charge in [-0.05, 0) is 67.3 Å². The Morgan fingerprint density at radius 2 is 1.77 bits per heavy atom. The highest BCUT2D eigenvalue weighted by Crippen LogP contribution is 2.23. The van der Waals surface area contributed by atoms with Crippen molar-refractivity contribution in [3.05, 3.63) is 113 Å². The summed E-state index contributed by atoms with van der Waals surface area (Å²) in [4.78, 5) is 41.2. The summed E-state index contributed by atoms with van der Waals surface area (Å²) in [6, 6.07) is 19.2. The van der Waals surface area contributed by atoms with Gasteiger partial charge in [-0.3, -0.25) is 9.59 Å². The zero-order valence-electron chi connectivity index (χ0n) is 21.8. The van der Waals surface area contributed by atoms with E-state index in [1.165, 1.54) is 6.20 Å². The molecule has 40 heavy (non-hydrogen) atoms. The molecule has 10 heteroatoms. The molecule has 3 aromatic rings. The van der Waals surface area contributed by atoms with Gasteiger partial charge in [-0.1, -0.05) is 24.3 Å². The largest absolute Gasteiger partial charge is 0.493 e. The number of carbonyl (C=O) groups excluding carboxylic acids is 2. The second kappa shape index (κ2) is 12.7. The number of piperidine rings is 1. The number of amides is 2. The van der Waals surface area contributed by atoms with E-state index in [-0.39, 0.29) is 11.5 Å². The molecule has 0 unspecified atom stereocenters. The summed E-state index contributed by atoms with van der Waals surface area (Å²) in [6.07, 6.45) is 7.31. The van der Waals surface area contributed by atoms with Gasteiger partial charge < -0.3 is 25.0 Å². The van der Waals surface area contributed by atoms with Gasteiger partial charge >= 0.3 is 5.91 Å². The molecule has 0 bridgehead atoms. The molecular weight excluding hydrogens is 510 g/mol. The quantitative estimate of drug-likeness (QED) is 0.378. The Balaban J connectivity index is 1.07. The zero-order chi connectivity index (χ0) is 27.7. The second-order valence-corrected chi connectivity index (χ2v) is 9.52. The van der Waals surface area contributed by atoms with Crippen molar-refractivity contribution in [2.75, 3.05) is 26.2 Å². The van der Waals surface area contributed by atoms with Gasteiger partial charge in [0.2, 0.25) is 5.88 Å². The molecule has 0 aliphatic carbocycles. The third-order valence-corrected chi connectivity index (χ3v) is 6.75. The van der Waals surface area contributed by atoms with E-state index in [9.17, 15) is 14.5 Å². The van der Waals surface area contributed by atoms with Gasteiger partial charge in [-0.2, -0.15) is 0 Å². The second-order valence-electron chi connectivity index (χ2n) is 9.52. The number of likely N-dealkylation sites (tertiary alicyclic amines) is 1. The van der Waals surface area contributed by atoms with Crippen LogP contribution in [0.15, 0.2) is 102 Å². The zero-order valence-corrected chi connectivity index (χ0v) is 21.8. The third-order valence-electron chi connectivity index (χ3n) is 6.75. The number of carbonyl (C=O) groups is 2. The molecule has 10 nitrogen and oxygen atoms in total. The number of aromatic nitrogens is 1. The fourth-order valence-corrected chi connectivity index (χ4v) is 4.51. The van der Waals surface area contributed by atoms with E-state index in [0.29, 0.717) is 42.0 Å². The maximum Gasteiger partial charge on any atom is 0.316 e. The predicted molar refractivity (Wildman–Crippen MR) is 149 cm³/mol. The molecule has 2 aliphatic rings. The minimum atomic E-state index is -0.802. The van der Waals surface area contributed by atoms with Crippen molar-refractivity contribution in [1.29, 1.82) is 0 Å². The standard InChI is InChI=1S/C30H29N5O5/c36-29(23-9-12-28(32-18-23)40-25-6-2-1-3-7-25)33-24-10-11-27(31-19-24)35-15-13-21(14-16-35)20-39-26-8-4-5-22(17-26)30(37)34-38/h1-12,17-18,21,31H,13-16,19-20H2,(H,33,36). The molecule has 2 amide bonds. The van der Waals surface area contributed by atoms with Crippen LogP contribution in [0.1, 0.15) is 33.6 Å². The van der Waals surface area contributed by atoms with Crippen LogP contribution in [0.2, 0.25) is 0 Å². The number of nitrogens with one attached hydrogen (secondary N) is 2. The number of nitrogens with zero attached hydrogens (tertiary/aromatic N) is 3. The van der Waals surface area contributed by atoms with Crippen molar-refractivity contribution in [3.63, 3.8) is 0 Å². The Labute approximate surface area is 231 Å². The molecule has 3 heterocycles. The van der Waals surface area contributed by atoms with E-state index in [2.05, 4.69) is 25.7 Å². The van der Waals surface area contributed by atoms with Gasteiger partial charge in [-0.25, -0.2) is 4.98 Å². The van der Waals surface area contributed by atoms with Gasteiger partial charge in [0.25, 0.3) is 5.91 Å². The van der Waals surface area contributed by atoms with Crippen LogP contribution in [-0.4, -0.2) is 47.9 Å². The van der Waals surface area contributed by atoms with E-state index in [1.807, 2.05) is 42.5 Å². The highest BCUT2D eigenvalue weighted by molar-refractivity contribution is 5.95. The average Bonchev–Trinajstić information content (AvgIpc) is 3.01. The molecular formula is C30H29N5O5.